The molecule has 2 rings (SSSR count). The van der Waals surface area contributed by atoms with Crippen LogP contribution in [-0.4, -0.2) is 121 Å². The molecule has 0 amide bonds. The van der Waals surface area contributed by atoms with Crippen LogP contribution in [0.15, 0.2) is 0 Å². The monoisotopic (exact) mass is 694 g/mol. The maximum absolute atomic E-state index is 12.3. The molecule has 2 heterocycles. The fourth-order valence-electron chi connectivity index (χ4n) is 4.73. The maximum Gasteiger partial charge on any atom is 0.303 e. The van der Waals surface area contributed by atoms with Gasteiger partial charge in [-0.2, -0.15) is 0 Å². The van der Waals surface area contributed by atoms with Gasteiger partial charge >= 0.3 is 47.8 Å². The van der Waals surface area contributed by atoms with Crippen molar-refractivity contribution in [1.29, 1.82) is 0 Å². The first-order chi connectivity index (χ1) is 21.9. The summed E-state index contributed by atoms with van der Waals surface area (Å²) in [5, 5.41) is -1.05. The fraction of sp³-hybridized carbons (Fsp3) is 0.714. The zero-order valence-corrected chi connectivity index (χ0v) is 27.8. The van der Waals surface area contributed by atoms with Crippen LogP contribution in [0.25, 0.3) is 0 Å². The van der Waals surface area contributed by atoms with E-state index in [-0.39, 0.29) is 0 Å². The first-order valence-electron chi connectivity index (χ1n) is 14.2. The van der Waals surface area contributed by atoms with Crippen LogP contribution >= 0.6 is 11.8 Å². The Labute approximate surface area is 273 Å². The zero-order chi connectivity index (χ0) is 35.6. The summed E-state index contributed by atoms with van der Waals surface area (Å²) in [6.07, 6.45) is -12.5. The molecule has 2 aliphatic heterocycles. The predicted molar refractivity (Wildman–Crippen MR) is 152 cm³/mol. The predicted octanol–water partition coefficient (Wildman–Crippen LogP) is -0.114. The van der Waals surface area contributed by atoms with Crippen molar-refractivity contribution in [3.05, 3.63) is 0 Å². The van der Waals surface area contributed by atoms with Gasteiger partial charge in [-0.25, -0.2) is 0 Å². The molecule has 19 heteroatoms. The minimum Gasteiger partial charge on any atom is -0.465 e. The molecule has 0 N–H and O–H groups in total. The molecule has 2 aliphatic rings. The van der Waals surface area contributed by atoms with Crippen molar-refractivity contribution in [1.82, 2.24) is 0 Å². The Kier molecular flexibility index (Phi) is 14.9. The van der Waals surface area contributed by atoms with Gasteiger partial charge in [-0.3, -0.25) is 38.4 Å². The molecule has 47 heavy (non-hydrogen) atoms. The van der Waals surface area contributed by atoms with Crippen molar-refractivity contribution in [3.63, 3.8) is 0 Å². The van der Waals surface area contributed by atoms with E-state index in [9.17, 15) is 38.4 Å². The van der Waals surface area contributed by atoms with E-state index in [0.29, 0.717) is 0 Å². The molecule has 0 aromatic carbocycles. The average molecular weight is 695 g/mol. The second-order valence-electron chi connectivity index (χ2n) is 10.3. The molecular weight excluding hydrogens is 656 g/mol. The molecule has 0 aromatic heterocycles. The van der Waals surface area contributed by atoms with Crippen LogP contribution in [0.5, 0.6) is 0 Å². The van der Waals surface area contributed by atoms with Crippen LogP contribution in [0.2, 0.25) is 0 Å². The van der Waals surface area contributed by atoms with Gasteiger partial charge in [0.15, 0.2) is 42.2 Å². The molecule has 0 radical (unpaired) electrons. The van der Waals surface area contributed by atoms with Gasteiger partial charge in [-0.05, 0) is 0 Å². The highest BCUT2D eigenvalue weighted by Gasteiger charge is 2.57. The second-order valence-corrected chi connectivity index (χ2v) is 11.6. The minimum absolute atomic E-state index is 0.432. The first-order valence-corrected chi connectivity index (χ1v) is 15.1. The van der Waals surface area contributed by atoms with Gasteiger partial charge in [-0.1, -0.05) is 0 Å². The number of thioether (sulfide) groups is 1. The number of ether oxygens (including phenoxy) is 10. The number of esters is 8. The summed E-state index contributed by atoms with van der Waals surface area (Å²) in [5.74, 6) is -6.66. The average Bonchev–Trinajstić information content (AvgIpc) is 2.91. The van der Waals surface area contributed by atoms with E-state index in [0.717, 1.165) is 67.2 Å². The molecule has 10 atom stereocenters. The molecule has 18 nitrogen and oxygen atoms in total. The van der Waals surface area contributed by atoms with Crippen molar-refractivity contribution in [2.45, 2.75) is 115 Å². The zero-order valence-electron chi connectivity index (χ0n) is 26.9. The number of hydrogen-bond donors (Lipinski definition) is 0. The summed E-state index contributed by atoms with van der Waals surface area (Å²) in [5.41, 5.74) is -1.29. The summed E-state index contributed by atoms with van der Waals surface area (Å²) >= 11 is 0.829. The largest absolute Gasteiger partial charge is 0.465 e. The minimum atomic E-state index is -1.76. The van der Waals surface area contributed by atoms with Gasteiger partial charge in [0.2, 0.25) is 0 Å². The lowest BCUT2D eigenvalue weighted by Gasteiger charge is -2.48. The highest BCUT2D eigenvalue weighted by Crippen LogP contribution is 2.41. The molecule has 0 aliphatic carbocycles. The van der Waals surface area contributed by atoms with Crippen LogP contribution in [0, 0.1) is 0 Å². The third-order valence-corrected chi connectivity index (χ3v) is 7.55. The quantitative estimate of drug-likeness (QED) is 0.192. The Morgan fingerprint density at radius 1 is 0.468 bits per heavy atom. The standard InChI is InChI=1S/C28H38O18S/c1-11(29)37-9-19-21(39-13(3)31)23(40-14(4)32)25(42-16(6)34)27(45-19)46-22-20(10-38-12(2)30)47-28(44-18(8)36)26(43-17(7)35)24(22)41-15(5)33/h19-28H,9-10H2,1-8H3/t19-,20-,21-,22-,23+,24+,25-,26-,27+,28-/m1/s1. The van der Waals surface area contributed by atoms with Crippen molar-refractivity contribution in [3.8, 4) is 0 Å². The summed E-state index contributed by atoms with van der Waals surface area (Å²) in [4.78, 5) is 96.5. The van der Waals surface area contributed by atoms with Gasteiger partial charge in [0, 0.05) is 55.4 Å². The summed E-state index contributed by atoms with van der Waals surface area (Å²) in [7, 11) is 0. The van der Waals surface area contributed by atoms with Gasteiger partial charge < -0.3 is 47.4 Å². The third-order valence-electron chi connectivity index (χ3n) is 6.17. The van der Waals surface area contributed by atoms with Crippen molar-refractivity contribution in [2.75, 3.05) is 13.2 Å². The molecule has 0 aromatic rings. The molecular formula is C28H38O18S. The van der Waals surface area contributed by atoms with E-state index in [2.05, 4.69) is 0 Å². The SMILES string of the molecule is CC(=O)OC[C@H]1O[C@@H](O[C@H]2[C@H](OC(C)=O)[C@@H](OC(C)=O)[C@H](OC(C)=O)S[C@@H]2COC(C)=O)[C@H](OC(C)=O)[C@@H](OC(C)=O)[C@@H]1OC(C)=O. The Hall–Kier alpha value is -3.97. The molecule has 2 fully saturated rings. The molecule has 2 saturated heterocycles. The van der Waals surface area contributed by atoms with Gasteiger partial charge in [0.1, 0.15) is 25.4 Å². The van der Waals surface area contributed by atoms with Crippen LogP contribution in [-0.2, 0) is 85.7 Å². The maximum atomic E-state index is 12.3. The van der Waals surface area contributed by atoms with Crippen molar-refractivity contribution >= 4 is 59.5 Å². The van der Waals surface area contributed by atoms with Crippen molar-refractivity contribution < 1.29 is 85.7 Å². The highest BCUT2D eigenvalue weighted by molar-refractivity contribution is 8.00. The number of hydrogen-bond acceptors (Lipinski definition) is 19. The van der Waals surface area contributed by atoms with E-state index >= 15 is 0 Å². The molecule has 0 bridgehead atoms. The van der Waals surface area contributed by atoms with Crippen LogP contribution in [0.4, 0.5) is 0 Å². The van der Waals surface area contributed by atoms with E-state index < -0.39 is 121 Å². The Morgan fingerprint density at radius 3 is 1.34 bits per heavy atom. The number of carbonyl (C=O) groups excluding carboxylic acids is 8. The van der Waals surface area contributed by atoms with E-state index in [1.54, 1.807) is 0 Å². The molecule has 0 saturated carbocycles. The Balaban J connectivity index is 2.73. The van der Waals surface area contributed by atoms with E-state index in [4.69, 9.17) is 47.4 Å². The lowest BCUT2D eigenvalue weighted by atomic mass is 9.97. The van der Waals surface area contributed by atoms with Crippen LogP contribution in [0.3, 0.4) is 0 Å². The summed E-state index contributed by atoms with van der Waals surface area (Å²) in [6, 6.07) is 0. The number of carbonyl (C=O) groups is 8. The smallest absolute Gasteiger partial charge is 0.303 e. The third kappa shape index (κ3) is 12.3. The Bertz CT molecular complexity index is 1200. The fourth-order valence-corrected chi connectivity index (χ4v) is 6.15. The second kappa shape index (κ2) is 17.8. The lowest BCUT2D eigenvalue weighted by molar-refractivity contribution is -0.325. The molecule has 0 unspecified atom stereocenters. The summed E-state index contributed by atoms with van der Waals surface area (Å²) < 4.78 is 55.1. The lowest BCUT2D eigenvalue weighted by Crippen LogP contribution is -2.66. The molecule has 264 valence electrons. The topological polar surface area (TPSA) is 229 Å². The first kappa shape index (κ1) is 39.2. The van der Waals surface area contributed by atoms with Crippen LogP contribution < -0.4 is 0 Å². The van der Waals surface area contributed by atoms with Crippen molar-refractivity contribution in [2.24, 2.45) is 0 Å². The van der Waals surface area contributed by atoms with Gasteiger partial charge in [0.25, 0.3) is 0 Å². The van der Waals surface area contributed by atoms with Crippen LogP contribution in [0.1, 0.15) is 55.4 Å². The molecule has 0 spiro atoms. The highest BCUT2D eigenvalue weighted by atomic mass is 32.2. The Morgan fingerprint density at radius 2 is 0.872 bits per heavy atom. The van der Waals surface area contributed by atoms with Gasteiger partial charge in [0.05, 0.1) is 5.25 Å². The normalized spacial score (nSPS) is 30.0. The van der Waals surface area contributed by atoms with Gasteiger partial charge in [-0.15, -0.1) is 11.8 Å². The van der Waals surface area contributed by atoms with E-state index in [1.807, 2.05) is 0 Å². The summed E-state index contributed by atoms with van der Waals surface area (Å²) in [6.45, 7) is 7.52. The number of rotatable bonds is 12. The van der Waals surface area contributed by atoms with E-state index in [1.165, 1.54) is 0 Å².